The van der Waals surface area contributed by atoms with Gasteiger partial charge in [-0.25, -0.2) is 18.3 Å². The molecule has 0 unspecified atom stereocenters. The lowest BCUT2D eigenvalue weighted by atomic mass is 9.95. The van der Waals surface area contributed by atoms with Gasteiger partial charge in [0, 0.05) is 29.1 Å². The highest BCUT2D eigenvalue weighted by atomic mass is 19.1. The van der Waals surface area contributed by atoms with Crippen molar-refractivity contribution in [3.8, 4) is 0 Å². The molecule has 154 valence electrons. The predicted molar refractivity (Wildman–Crippen MR) is 107 cm³/mol. The van der Waals surface area contributed by atoms with E-state index in [0.29, 0.717) is 22.7 Å². The van der Waals surface area contributed by atoms with Gasteiger partial charge in [-0.15, -0.1) is 0 Å². The Hall–Kier alpha value is -3.46. The van der Waals surface area contributed by atoms with Gasteiger partial charge in [-0.3, -0.25) is 4.98 Å². The Balaban J connectivity index is 1.79. The van der Waals surface area contributed by atoms with Crippen LogP contribution in [-0.4, -0.2) is 43.6 Å². The summed E-state index contributed by atoms with van der Waals surface area (Å²) in [4.78, 5) is 13.3. The number of rotatable bonds is 6. The maximum atomic E-state index is 15.2. The zero-order valence-electron chi connectivity index (χ0n) is 16.4. The summed E-state index contributed by atoms with van der Waals surface area (Å²) in [6.07, 6.45) is 3.05. The van der Waals surface area contributed by atoms with Crippen LogP contribution in [0.3, 0.4) is 0 Å². The highest BCUT2D eigenvalue weighted by Crippen LogP contribution is 2.32. The van der Waals surface area contributed by atoms with Gasteiger partial charge in [-0.05, 0) is 31.2 Å². The summed E-state index contributed by atoms with van der Waals surface area (Å²) in [5, 5.41) is 17.5. The fourth-order valence-electron chi connectivity index (χ4n) is 3.32. The van der Waals surface area contributed by atoms with Crippen LogP contribution in [0.4, 0.5) is 8.78 Å². The van der Waals surface area contributed by atoms with Crippen LogP contribution in [0.2, 0.25) is 0 Å². The van der Waals surface area contributed by atoms with Crippen molar-refractivity contribution >= 4 is 22.3 Å². The summed E-state index contributed by atoms with van der Waals surface area (Å²) in [7, 11) is 0. The summed E-state index contributed by atoms with van der Waals surface area (Å²) in [5.74, 6) is -1.98. The molecular weight excluding hydrogens is 392 g/mol. The number of benzene rings is 1. The zero-order valence-corrected chi connectivity index (χ0v) is 16.4. The minimum absolute atomic E-state index is 0.0684. The molecule has 30 heavy (non-hydrogen) atoms. The standard InChI is InChI=1S/C21H19F2N5O2/c1-12(20-15(22)10-17-14(21(20)23)4-3-7-24-17)18-11-25-19-6-5-16(26-28(18)19)13(2)27-30-9-8-29/h3-7,10-12,29H,8-9H2,1-2H3/t12-/m1/s1. The van der Waals surface area contributed by atoms with E-state index in [4.69, 9.17) is 9.94 Å². The average Bonchev–Trinajstić information content (AvgIpc) is 3.17. The van der Waals surface area contributed by atoms with Gasteiger partial charge in [0.15, 0.2) is 5.65 Å². The van der Waals surface area contributed by atoms with Crippen molar-refractivity contribution in [1.29, 1.82) is 0 Å². The van der Waals surface area contributed by atoms with Gasteiger partial charge < -0.3 is 9.94 Å². The highest BCUT2D eigenvalue weighted by Gasteiger charge is 2.24. The van der Waals surface area contributed by atoms with E-state index in [9.17, 15) is 4.39 Å². The number of pyridine rings is 1. The Morgan fingerprint density at radius 2 is 2.10 bits per heavy atom. The molecule has 0 aliphatic carbocycles. The molecule has 0 aliphatic rings. The molecule has 0 saturated carbocycles. The van der Waals surface area contributed by atoms with Crippen LogP contribution in [-0.2, 0) is 4.84 Å². The van der Waals surface area contributed by atoms with E-state index in [1.54, 1.807) is 44.3 Å². The van der Waals surface area contributed by atoms with Crippen molar-refractivity contribution in [1.82, 2.24) is 19.6 Å². The first kappa shape index (κ1) is 19.8. The van der Waals surface area contributed by atoms with Crippen LogP contribution in [0.1, 0.15) is 36.7 Å². The Morgan fingerprint density at radius 1 is 1.27 bits per heavy atom. The van der Waals surface area contributed by atoms with Crippen molar-refractivity contribution in [2.45, 2.75) is 19.8 Å². The molecule has 1 N–H and O–H groups in total. The predicted octanol–water partition coefficient (Wildman–Crippen LogP) is 3.44. The van der Waals surface area contributed by atoms with E-state index < -0.39 is 17.6 Å². The fraction of sp³-hybridized carbons (Fsp3) is 0.238. The lowest BCUT2D eigenvalue weighted by Gasteiger charge is -2.15. The summed E-state index contributed by atoms with van der Waals surface area (Å²) < 4.78 is 31.5. The van der Waals surface area contributed by atoms with Crippen molar-refractivity contribution in [3.63, 3.8) is 0 Å². The molecule has 0 fully saturated rings. The smallest absolute Gasteiger partial charge is 0.153 e. The van der Waals surface area contributed by atoms with Crippen molar-refractivity contribution in [3.05, 3.63) is 71.3 Å². The minimum Gasteiger partial charge on any atom is -0.393 e. The Labute approximate surface area is 170 Å². The lowest BCUT2D eigenvalue weighted by molar-refractivity contribution is 0.0986. The van der Waals surface area contributed by atoms with Gasteiger partial charge >= 0.3 is 0 Å². The summed E-state index contributed by atoms with van der Waals surface area (Å²) >= 11 is 0. The molecule has 3 heterocycles. The zero-order chi connectivity index (χ0) is 21.3. The Morgan fingerprint density at radius 3 is 2.90 bits per heavy atom. The summed E-state index contributed by atoms with van der Waals surface area (Å²) in [6.45, 7) is 3.33. The second-order valence-electron chi connectivity index (χ2n) is 6.78. The average molecular weight is 411 g/mol. The molecule has 9 heteroatoms. The number of aliphatic hydroxyl groups is 1. The van der Waals surface area contributed by atoms with Crippen LogP contribution < -0.4 is 0 Å². The van der Waals surface area contributed by atoms with Crippen LogP contribution in [0.15, 0.2) is 47.9 Å². The SMILES string of the molecule is CC(=NOCCO)c1ccc2ncc([C@@H](C)c3c(F)cc4ncccc4c3F)n2n1. The van der Waals surface area contributed by atoms with Gasteiger partial charge in [-0.2, -0.15) is 5.10 Å². The molecule has 0 bridgehead atoms. The third-order valence-electron chi connectivity index (χ3n) is 4.85. The number of hydrogen-bond donors (Lipinski definition) is 1. The van der Waals surface area contributed by atoms with E-state index >= 15 is 4.39 Å². The number of nitrogens with zero attached hydrogens (tertiary/aromatic N) is 5. The number of fused-ring (bicyclic) bond motifs is 2. The van der Waals surface area contributed by atoms with E-state index in [0.717, 1.165) is 0 Å². The molecule has 0 aliphatic heterocycles. The van der Waals surface area contributed by atoms with Gasteiger partial charge in [0.1, 0.15) is 29.6 Å². The van der Waals surface area contributed by atoms with Crippen LogP contribution >= 0.6 is 0 Å². The molecule has 4 rings (SSSR count). The van der Waals surface area contributed by atoms with Gasteiger partial charge in [0.05, 0.1) is 24.0 Å². The monoisotopic (exact) mass is 411 g/mol. The van der Waals surface area contributed by atoms with Gasteiger partial charge in [0.25, 0.3) is 0 Å². The number of imidazole rings is 1. The summed E-state index contributed by atoms with van der Waals surface area (Å²) in [5.41, 5.74) is 2.25. The molecule has 4 aromatic rings. The number of halogens is 2. The molecule has 3 aromatic heterocycles. The maximum absolute atomic E-state index is 15.2. The fourth-order valence-corrected chi connectivity index (χ4v) is 3.32. The van der Waals surface area contributed by atoms with E-state index in [1.165, 1.54) is 16.8 Å². The quantitative estimate of drug-likeness (QED) is 0.298. The molecule has 1 atom stereocenters. The third kappa shape index (κ3) is 3.48. The normalized spacial score (nSPS) is 13.2. The molecule has 1 aromatic carbocycles. The topological polar surface area (TPSA) is 84.9 Å². The number of hydrogen-bond acceptors (Lipinski definition) is 6. The number of oxime groups is 1. The number of aliphatic hydroxyl groups excluding tert-OH is 1. The molecule has 0 radical (unpaired) electrons. The largest absolute Gasteiger partial charge is 0.393 e. The van der Waals surface area contributed by atoms with Gasteiger partial charge in [0.2, 0.25) is 0 Å². The molecular formula is C21H19F2N5O2. The Kier molecular flexibility index (Phi) is 5.37. The summed E-state index contributed by atoms with van der Waals surface area (Å²) in [6, 6.07) is 7.88. The molecule has 0 spiro atoms. The Bertz CT molecular complexity index is 1260. The third-order valence-corrected chi connectivity index (χ3v) is 4.85. The van der Waals surface area contributed by atoms with Crippen LogP contribution in [0, 0.1) is 11.6 Å². The molecule has 0 saturated heterocycles. The van der Waals surface area contributed by atoms with Crippen LogP contribution in [0.5, 0.6) is 0 Å². The van der Waals surface area contributed by atoms with Crippen molar-refractivity contribution < 1.29 is 18.7 Å². The van der Waals surface area contributed by atoms with Crippen molar-refractivity contribution in [2.24, 2.45) is 5.16 Å². The van der Waals surface area contributed by atoms with E-state index in [2.05, 4.69) is 20.2 Å². The minimum atomic E-state index is -0.674. The van der Waals surface area contributed by atoms with Crippen molar-refractivity contribution in [2.75, 3.05) is 13.2 Å². The molecule has 7 nitrogen and oxygen atoms in total. The molecule has 0 amide bonds. The number of aromatic nitrogens is 4. The first-order valence-electron chi connectivity index (χ1n) is 9.36. The van der Waals surface area contributed by atoms with E-state index in [1.807, 2.05) is 0 Å². The second kappa shape index (κ2) is 8.11. The van der Waals surface area contributed by atoms with Crippen LogP contribution in [0.25, 0.3) is 16.6 Å². The maximum Gasteiger partial charge on any atom is 0.153 e. The lowest BCUT2D eigenvalue weighted by Crippen LogP contribution is -2.11. The second-order valence-corrected chi connectivity index (χ2v) is 6.78. The van der Waals surface area contributed by atoms with E-state index in [-0.39, 0.29) is 29.7 Å². The highest BCUT2D eigenvalue weighted by molar-refractivity contribution is 5.96. The first-order valence-corrected chi connectivity index (χ1v) is 9.36. The van der Waals surface area contributed by atoms with Gasteiger partial charge in [-0.1, -0.05) is 12.1 Å². The first-order chi connectivity index (χ1) is 14.5.